The molecule has 4 aromatic rings. The first-order chi connectivity index (χ1) is 25.2. The van der Waals surface area contributed by atoms with Crippen LogP contribution >= 0.6 is 11.8 Å². The minimum absolute atomic E-state index is 0.0834. The van der Waals surface area contributed by atoms with Gasteiger partial charge in [0.05, 0.1) is 22.4 Å². The Balaban J connectivity index is 0.852. The number of imide groups is 2. The fourth-order valence-electron chi connectivity index (χ4n) is 7.43. The third-order valence-corrected chi connectivity index (χ3v) is 11.3. The van der Waals surface area contributed by atoms with Gasteiger partial charge in [0.25, 0.3) is 17.7 Å². The molecule has 6 amide bonds. The van der Waals surface area contributed by atoms with Crippen molar-refractivity contribution in [3.63, 3.8) is 0 Å². The summed E-state index contributed by atoms with van der Waals surface area (Å²) in [4.78, 5) is 79.1. The second-order valence-corrected chi connectivity index (χ2v) is 14.7. The average molecular weight is 721 g/mol. The maximum Gasteiger partial charge on any atom is 0.263 e. The van der Waals surface area contributed by atoms with Crippen LogP contribution in [0.3, 0.4) is 0 Å². The van der Waals surface area contributed by atoms with Crippen LogP contribution < -0.4 is 11.1 Å². The molecular weight excluding hydrogens is 681 g/mol. The first-order valence-corrected chi connectivity index (χ1v) is 18.8. The summed E-state index contributed by atoms with van der Waals surface area (Å²) in [6, 6.07) is 17.8. The molecule has 2 saturated heterocycles. The van der Waals surface area contributed by atoms with E-state index in [9.17, 15) is 28.8 Å². The SMILES string of the molecule is NC(=O)c1cccc2cn(-c3ccc([C@@H]4CCCN(C(=O)CCCCCCSc5cccc6c5C(=O)N(C5CCC(=O)NC5=O)C6=O)C4)cc3)nc12. The van der Waals surface area contributed by atoms with Gasteiger partial charge in [-0.3, -0.25) is 39.0 Å². The zero-order chi connectivity index (χ0) is 36.4. The van der Waals surface area contributed by atoms with Crippen LogP contribution in [0, 0.1) is 0 Å². The van der Waals surface area contributed by atoms with Crippen molar-refractivity contribution in [2.24, 2.45) is 5.73 Å². The quantitative estimate of drug-likeness (QED) is 0.118. The molecule has 1 aromatic heterocycles. The predicted octanol–water partition coefficient (Wildman–Crippen LogP) is 4.97. The minimum atomic E-state index is -0.982. The van der Waals surface area contributed by atoms with E-state index in [1.807, 2.05) is 35.4 Å². The maximum absolute atomic E-state index is 13.3. The van der Waals surface area contributed by atoms with Gasteiger partial charge < -0.3 is 10.6 Å². The van der Waals surface area contributed by atoms with E-state index in [1.165, 1.54) is 17.3 Å². The number of amides is 6. The largest absolute Gasteiger partial charge is 0.366 e. The van der Waals surface area contributed by atoms with E-state index < -0.39 is 35.6 Å². The summed E-state index contributed by atoms with van der Waals surface area (Å²) in [7, 11) is 0. The zero-order valence-corrected chi connectivity index (χ0v) is 29.5. The number of carbonyl (C=O) groups excluding carboxylic acids is 6. The molecule has 3 N–H and O–H groups in total. The molecule has 2 fully saturated rings. The lowest BCUT2D eigenvalue weighted by molar-refractivity contribution is -0.136. The average Bonchev–Trinajstić information content (AvgIpc) is 3.70. The van der Waals surface area contributed by atoms with Gasteiger partial charge in [-0.25, -0.2) is 4.68 Å². The van der Waals surface area contributed by atoms with Gasteiger partial charge in [-0.15, -0.1) is 11.8 Å². The molecule has 7 rings (SSSR count). The molecule has 12 nitrogen and oxygen atoms in total. The fraction of sp³-hybridized carbons (Fsp3) is 0.359. The molecule has 0 saturated carbocycles. The van der Waals surface area contributed by atoms with Crippen LogP contribution in [0.15, 0.2) is 71.8 Å². The molecule has 0 spiro atoms. The van der Waals surface area contributed by atoms with Crippen LogP contribution in [0.25, 0.3) is 16.6 Å². The normalized spacial score (nSPS) is 18.9. The van der Waals surface area contributed by atoms with Crippen LogP contribution in [0.5, 0.6) is 0 Å². The highest BCUT2D eigenvalue weighted by Crippen LogP contribution is 2.35. The summed E-state index contributed by atoms with van der Waals surface area (Å²) < 4.78 is 1.76. The number of nitrogens with two attached hydrogens (primary N) is 1. The third kappa shape index (κ3) is 7.09. The number of nitrogens with one attached hydrogen (secondary N) is 1. The van der Waals surface area contributed by atoms with Crippen LogP contribution in [0.1, 0.15) is 100 Å². The monoisotopic (exact) mass is 720 g/mol. The number of nitrogens with zero attached hydrogens (tertiary/aromatic N) is 4. The Hall–Kier alpha value is -5.30. The van der Waals surface area contributed by atoms with Crippen molar-refractivity contribution in [1.29, 1.82) is 0 Å². The number of likely N-dealkylation sites (tertiary alicyclic amines) is 1. The summed E-state index contributed by atoms with van der Waals surface area (Å²) in [6.45, 7) is 1.47. The van der Waals surface area contributed by atoms with Crippen LogP contribution in [0.2, 0.25) is 0 Å². The molecule has 0 aliphatic carbocycles. The molecule has 2 atom stereocenters. The van der Waals surface area contributed by atoms with Crippen LogP contribution in [0.4, 0.5) is 0 Å². The van der Waals surface area contributed by atoms with E-state index in [-0.39, 0.29) is 24.7 Å². The number of benzene rings is 3. The van der Waals surface area contributed by atoms with Gasteiger partial charge in [0, 0.05) is 48.3 Å². The zero-order valence-electron chi connectivity index (χ0n) is 28.7. The lowest BCUT2D eigenvalue weighted by atomic mass is 9.90. The summed E-state index contributed by atoms with van der Waals surface area (Å²) in [6.07, 6.45) is 8.15. The van der Waals surface area contributed by atoms with Crippen molar-refractivity contribution in [3.05, 3.63) is 89.1 Å². The number of fused-ring (bicyclic) bond motifs is 2. The van der Waals surface area contributed by atoms with Crippen LogP contribution in [-0.4, -0.2) is 79.9 Å². The van der Waals surface area contributed by atoms with Gasteiger partial charge in [0.2, 0.25) is 17.7 Å². The van der Waals surface area contributed by atoms with Gasteiger partial charge in [-0.1, -0.05) is 43.2 Å². The van der Waals surface area contributed by atoms with Gasteiger partial charge in [-0.05, 0) is 73.8 Å². The van der Waals surface area contributed by atoms with Gasteiger partial charge in [0.1, 0.15) is 11.6 Å². The number of aromatic nitrogens is 2. The molecule has 0 radical (unpaired) electrons. The van der Waals surface area contributed by atoms with E-state index in [1.54, 1.807) is 28.9 Å². The third-order valence-electron chi connectivity index (χ3n) is 10.2. The first-order valence-electron chi connectivity index (χ1n) is 17.8. The summed E-state index contributed by atoms with van der Waals surface area (Å²) in [5.41, 5.74) is 9.19. The maximum atomic E-state index is 13.3. The number of unbranched alkanes of at least 4 members (excludes halogenated alkanes) is 3. The second kappa shape index (κ2) is 15.1. The molecule has 1 unspecified atom stereocenters. The Morgan fingerprint density at radius 2 is 1.69 bits per heavy atom. The van der Waals surface area contributed by atoms with Gasteiger partial charge in [0.15, 0.2) is 0 Å². The Kier molecular flexibility index (Phi) is 10.2. The summed E-state index contributed by atoms with van der Waals surface area (Å²) in [5, 5.41) is 7.67. The lowest BCUT2D eigenvalue weighted by Gasteiger charge is -2.33. The summed E-state index contributed by atoms with van der Waals surface area (Å²) in [5.74, 6) is -1.31. The lowest BCUT2D eigenvalue weighted by Crippen LogP contribution is -2.54. The number of thioether (sulfide) groups is 1. The van der Waals surface area contributed by atoms with Crippen LogP contribution in [-0.2, 0) is 14.4 Å². The van der Waals surface area contributed by atoms with E-state index in [0.717, 1.165) is 66.8 Å². The Morgan fingerprint density at radius 3 is 2.48 bits per heavy atom. The van der Waals surface area contributed by atoms with Crippen molar-refractivity contribution in [2.45, 2.75) is 74.6 Å². The molecule has 52 heavy (non-hydrogen) atoms. The molecule has 3 aromatic carbocycles. The Morgan fingerprint density at radius 1 is 0.904 bits per heavy atom. The number of hydrogen-bond acceptors (Lipinski definition) is 8. The molecule has 4 heterocycles. The first kappa shape index (κ1) is 35.1. The standard InChI is InChI=1S/C39H40N6O6S/c40-36(48)29-11-5-8-26-23-44(42-35(26)29)27-16-14-24(15-17-27)25-9-7-20-43(22-25)33(47)13-3-1-2-4-21-52-31-12-6-10-28-34(31)39(51)45(38(28)50)30-18-19-32(46)41-37(30)49/h5-6,8,10-12,14-17,23,25,30H,1-4,7,9,13,18-22H2,(H2,40,48)(H,41,46,49)/t25-,30?/m1/s1. The van der Waals surface area contributed by atoms with E-state index in [0.29, 0.717) is 40.1 Å². The van der Waals surface area contributed by atoms with Crippen molar-refractivity contribution < 1.29 is 28.8 Å². The number of primary amides is 1. The highest BCUT2D eigenvalue weighted by Gasteiger charge is 2.45. The minimum Gasteiger partial charge on any atom is -0.366 e. The molecule has 3 aliphatic rings. The van der Waals surface area contributed by atoms with E-state index >= 15 is 0 Å². The number of rotatable bonds is 12. The molecule has 3 aliphatic heterocycles. The second-order valence-electron chi connectivity index (χ2n) is 13.6. The van der Waals surface area contributed by atoms with E-state index in [4.69, 9.17) is 5.73 Å². The van der Waals surface area contributed by atoms with E-state index in [2.05, 4.69) is 22.5 Å². The number of piperidine rings is 2. The van der Waals surface area contributed by atoms with Gasteiger partial charge >= 0.3 is 0 Å². The van der Waals surface area contributed by atoms with Crippen molar-refractivity contribution in [2.75, 3.05) is 18.8 Å². The van der Waals surface area contributed by atoms with Crippen molar-refractivity contribution >= 4 is 58.1 Å². The predicted molar refractivity (Wildman–Crippen MR) is 195 cm³/mol. The van der Waals surface area contributed by atoms with Gasteiger partial charge in [-0.2, -0.15) is 5.10 Å². The van der Waals surface area contributed by atoms with Crippen molar-refractivity contribution in [3.8, 4) is 5.69 Å². The highest BCUT2D eigenvalue weighted by molar-refractivity contribution is 7.99. The molecule has 13 heteroatoms. The fourth-order valence-corrected chi connectivity index (χ4v) is 8.51. The topological polar surface area (TPSA) is 165 Å². The smallest absolute Gasteiger partial charge is 0.263 e. The molecule has 268 valence electrons. The van der Waals surface area contributed by atoms with Crippen molar-refractivity contribution in [1.82, 2.24) is 24.9 Å². The molecular formula is C39H40N6O6S. The molecule has 0 bridgehead atoms. The highest BCUT2D eigenvalue weighted by atomic mass is 32.2. The Bertz CT molecular complexity index is 2080. The number of hydrogen-bond donors (Lipinski definition) is 2. The Labute approximate surface area is 305 Å². The summed E-state index contributed by atoms with van der Waals surface area (Å²) >= 11 is 1.52. The number of carbonyl (C=O) groups is 6.